The van der Waals surface area contributed by atoms with E-state index in [9.17, 15) is 8.42 Å². The number of rotatable bonds is 2. The van der Waals surface area contributed by atoms with E-state index in [1.807, 2.05) is 6.92 Å². The lowest BCUT2D eigenvalue weighted by Gasteiger charge is -2.10. The fraction of sp³-hybridized carbons (Fsp3) is 0.125. The Morgan fingerprint density at radius 2 is 1.86 bits per heavy atom. The Kier molecular flexibility index (Phi) is 3.41. The van der Waals surface area contributed by atoms with Gasteiger partial charge in [-0.15, -0.1) is 0 Å². The average molecular weight is 246 g/mol. The lowest BCUT2D eigenvalue weighted by atomic mass is 10.2. The van der Waals surface area contributed by atoms with Crippen LogP contribution in [-0.2, 0) is 22.7 Å². The fourth-order valence-electron chi connectivity index (χ4n) is 0.886. The summed E-state index contributed by atoms with van der Waals surface area (Å²) in [6, 6.07) is 6.43. The van der Waals surface area contributed by atoms with E-state index in [1.165, 1.54) is 12.1 Å². The van der Waals surface area contributed by atoms with Crippen molar-refractivity contribution in [2.24, 2.45) is 0 Å². The Morgan fingerprint density at radius 1 is 1.36 bits per heavy atom. The minimum Gasteiger partial charge on any atom is -0.410 e. The molecule has 0 saturated carbocycles. The normalized spacial score (nSPS) is 10.9. The Morgan fingerprint density at radius 3 is 2.29 bits per heavy atom. The predicted octanol–water partition coefficient (Wildman–Crippen LogP) is 1.11. The largest absolute Gasteiger partial charge is 0.410 e. The third-order valence-corrected chi connectivity index (χ3v) is 3.38. The zero-order valence-electron chi connectivity index (χ0n) is 7.35. The minimum absolute atomic E-state index is 0.162. The zero-order valence-corrected chi connectivity index (χ0v) is 9.80. The third kappa shape index (κ3) is 2.90. The summed E-state index contributed by atoms with van der Waals surface area (Å²) < 4.78 is 24.9. The molecular formula is C8H8NO2S3-. The molecule has 0 unspecified atom stereocenters. The molecule has 1 aromatic carbocycles. The van der Waals surface area contributed by atoms with Crippen molar-refractivity contribution >= 4 is 39.2 Å². The molecule has 0 bridgehead atoms. The number of thiocarbonyl (C=S) groups is 1. The highest BCUT2D eigenvalue weighted by Gasteiger charge is 2.10. The smallest absolute Gasteiger partial charge is 0.260 e. The van der Waals surface area contributed by atoms with E-state index in [0.717, 1.165) is 5.56 Å². The lowest BCUT2D eigenvalue weighted by Crippen LogP contribution is -2.27. The first-order chi connectivity index (χ1) is 6.42. The SMILES string of the molecule is Cc1ccc(S(=O)(=O)NC(=S)[S-])cc1. The summed E-state index contributed by atoms with van der Waals surface area (Å²) in [6.45, 7) is 1.88. The van der Waals surface area contributed by atoms with E-state index in [0.29, 0.717) is 0 Å². The van der Waals surface area contributed by atoms with Crippen molar-refractivity contribution in [3.8, 4) is 0 Å². The summed E-state index contributed by atoms with van der Waals surface area (Å²) in [5.74, 6) is 0. The Hall–Kier alpha value is -0.720. The van der Waals surface area contributed by atoms with E-state index < -0.39 is 10.0 Å². The monoisotopic (exact) mass is 246 g/mol. The molecule has 0 fully saturated rings. The van der Waals surface area contributed by atoms with E-state index in [2.05, 4.69) is 29.6 Å². The topological polar surface area (TPSA) is 46.2 Å². The average Bonchev–Trinajstić information content (AvgIpc) is 2.02. The second-order valence-corrected chi connectivity index (χ2v) is 5.46. The van der Waals surface area contributed by atoms with Gasteiger partial charge in [0.15, 0.2) is 0 Å². The molecular weight excluding hydrogens is 238 g/mol. The summed E-state index contributed by atoms with van der Waals surface area (Å²) in [6.07, 6.45) is 0. The molecule has 3 nitrogen and oxygen atoms in total. The molecule has 0 saturated heterocycles. The second kappa shape index (κ2) is 4.20. The maximum absolute atomic E-state index is 11.5. The van der Waals surface area contributed by atoms with Crippen molar-refractivity contribution < 1.29 is 8.42 Å². The Balaban J connectivity index is 3.05. The molecule has 0 radical (unpaired) electrons. The highest BCUT2D eigenvalue weighted by Crippen LogP contribution is 2.09. The number of hydrogen-bond acceptors (Lipinski definition) is 4. The maximum atomic E-state index is 11.5. The van der Waals surface area contributed by atoms with E-state index in [-0.39, 0.29) is 9.22 Å². The first-order valence-electron chi connectivity index (χ1n) is 3.72. The Labute approximate surface area is 94.0 Å². The molecule has 1 rings (SSSR count). The van der Waals surface area contributed by atoms with Crippen molar-refractivity contribution in [2.45, 2.75) is 11.8 Å². The van der Waals surface area contributed by atoms with Gasteiger partial charge in [-0.2, -0.15) is 0 Å². The van der Waals surface area contributed by atoms with Gasteiger partial charge in [-0.1, -0.05) is 22.0 Å². The van der Waals surface area contributed by atoms with Crippen LogP contribution in [0.15, 0.2) is 29.2 Å². The van der Waals surface area contributed by atoms with Gasteiger partial charge < -0.3 is 24.8 Å². The van der Waals surface area contributed by atoms with Gasteiger partial charge in [0.1, 0.15) is 0 Å². The van der Waals surface area contributed by atoms with Crippen molar-refractivity contribution in [1.82, 2.24) is 4.72 Å². The number of sulfonamides is 1. The summed E-state index contributed by atoms with van der Waals surface area (Å²) in [5, 5.41) is 0. The van der Waals surface area contributed by atoms with E-state index >= 15 is 0 Å². The van der Waals surface area contributed by atoms with Gasteiger partial charge in [-0.05, 0) is 19.1 Å². The number of aryl methyl sites for hydroxylation is 1. The quantitative estimate of drug-likeness (QED) is 0.627. The van der Waals surface area contributed by atoms with E-state index in [4.69, 9.17) is 0 Å². The molecule has 0 aliphatic heterocycles. The van der Waals surface area contributed by atoms with Gasteiger partial charge in [0.05, 0.1) is 4.90 Å². The molecule has 0 aromatic heterocycles. The Bertz CT molecular complexity index is 436. The number of nitrogens with one attached hydrogen (secondary N) is 1. The van der Waals surface area contributed by atoms with Gasteiger partial charge in [-0.3, -0.25) is 4.72 Å². The number of hydrogen-bond donors (Lipinski definition) is 1. The molecule has 6 heteroatoms. The first kappa shape index (κ1) is 11.4. The van der Waals surface area contributed by atoms with Crippen LogP contribution in [0.3, 0.4) is 0 Å². The summed E-state index contributed by atoms with van der Waals surface area (Å²) in [7, 11) is -3.57. The van der Waals surface area contributed by atoms with Gasteiger partial charge in [0.2, 0.25) is 0 Å². The molecule has 76 valence electrons. The number of benzene rings is 1. The van der Waals surface area contributed by atoms with Crippen LogP contribution in [0.4, 0.5) is 0 Å². The van der Waals surface area contributed by atoms with E-state index in [1.54, 1.807) is 12.1 Å². The molecule has 1 N–H and O–H groups in total. The van der Waals surface area contributed by atoms with Crippen LogP contribution in [-0.4, -0.2) is 12.7 Å². The molecule has 14 heavy (non-hydrogen) atoms. The van der Waals surface area contributed by atoms with Crippen LogP contribution in [0, 0.1) is 6.92 Å². The second-order valence-electron chi connectivity index (χ2n) is 2.71. The molecule has 0 amide bonds. The third-order valence-electron chi connectivity index (χ3n) is 1.55. The van der Waals surface area contributed by atoms with Crippen LogP contribution in [0.1, 0.15) is 5.56 Å². The zero-order chi connectivity index (χ0) is 10.8. The maximum Gasteiger partial charge on any atom is 0.260 e. The molecule has 0 heterocycles. The van der Waals surface area contributed by atoms with Gasteiger partial charge >= 0.3 is 0 Å². The first-order valence-corrected chi connectivity index (χ1v) is 6.02. The summed E-state index contributed by atoms with van der Waals surface area (Å²) in [4.78, 5) is 0.162. The van der Waals surface area contributed by atoms with Crippen LogP contribution in [0.2, 0.25) is 0 Å². The van der Waals surface area contributed by atoms with Gasteiger partial charge in [-0.25, -0.2) is 8.42 Å². The highest BCUT2D eigenvalue weighted by atomic mass is 32.2. The van der Waals surface area contributed by atoms with Crippen molar-refractivity contribution in [2.75, 3.05) is 0 Å². The van der Waals surface area contributed by atoms with Crippen LogP contribution >= 0.6 is 12.2 Å². The minimum atomic E-state index is -3.57. The highest BCUT2D eigenvalue weighted by molar-refractivity contribution is 8.03. The van der Waals surface area contributed by atoms with Crippen LogP contribution in [0.25, 0.3) is 0 Å². The fourth-order valence-corrected chi connectivity index (χ4v) is 2.38. The summed E-state index contributed by atoms with van der Waals surface area (Å²) in [5.41, 5.74) is 0.991. The standard InChI is InChI=1S/C8H9NO2S3/c1-6-2-4-7(5-3-6)14(10,11)9-8(12)13/h2-5H,1H3,(H2,9,12,13)/p-1. The molecule has 0 atom stereocenters. The van der Waals surface area contributed by atoms with Crippen LogP contribution in [0.5, 0.6) is 0 Å². The molecule has 0 spiro atoms. The van der Waals surface area contributed by atoms with Crippen molar-refractivity contribution in [3.05, 3.63) is 29.8 Å². The lowest BCUT2D eigenvalue weighted by molar-refractivity contribution is 0.593. The molecule has 0 aliphatic rings. The van der Waals surface area contributed by atoms with Gasteiger partial charge in [0.25, 0.3) is 10.0 Å². The molecule has 0 aliphatic carbocycles. The predicted molar refractivity (Wildman–Crippen MR) is 61.5 cm³/mol. The van der Waals surface area contributed by atoms with Gasteiger partial charge in [0, 0.05) is 0 Å². The van der Waals surface area contributed by atoms with Crippen molar-refractivity contribution in [1.29, 1.82) is 0 Å². The molecule has 1 aromatic rings. The van der Waals surface area contributed by atoms with Crippen LogP contribution < -0.4 is 4.72 Å². The summed E-state index contributed by atoms with van der Waals surface area (Å²) >= 11 is 8.99. The van der Waals surface area contributed by atoms with Crippen molar-refractivity contribution in [3.63, 3.8) is 0 Å².